The van der Waals surface area contributed by atoms with Crippen LogP contribution in [0.2, 0.25) is 0 Å². The highest BCUT2D eigenvalue weighted by Crippen LogP contribution is 2.29. The fourth-order valence-electron chi connectivity index (χ4n) is 2.63. The molecule has 6 nitrogen and oxygen atoms in total. The molecule has 0 spiro atoms. The highest BCUT2D eigenvalue weighted by molar-refractivity contribution is 5.87. The molecule has 120 valence electrons. The number of fused-ring (bicyclic) bond motifs is 1. The van der Waals surface area contributed by atoms with Crippen LogP contribution in [0.25, 0.3) is 0 Å². The Labute approximate surface area is 135 Å². The lowest BCUT2D eigenvalue weighted by Crippen LogP contribution is -2.39. The van der Waals surface area contributed by atoms with Gasteiger partial charge in [-0.25, -0.2) is 4.98 Å². The van der Waals surface area contributed by atoms with E-state index >= 15 is 0 Å². The van der Waals surface area contributed by atoms with E-state index in [2.05, 4.69) is 15.3 Å². The van der Waals surface area contributed by atoms with Gasteiger partial charge in [0.05, 0.1) is 6.10 Å². The summed E-state index contributed by atoms with van der Waals surface area (Å²) < 4.78 is 5.57. The SMILES string of the molecule is CC(C)Oc1ccnc(NC2C(=O)N(C)Cc3ccccc32)n1. The number of hydrogen-bond acceptors (Lipinski definition) is 5. The number of likely N-dealkylation sites (N-methyl/N-ethyl adjacent to an activating group) is 1. The summed E-state index contributed by atoms with van der Waals surface area (Å²) in [5.41, 5.74) is 2.09. The van der Waals surface area contributed by atoms with Crippen LogP contribution in [0.4, 0.5) is 5.95 Å². The first kappa shape index (κ1) is 15.3. The van der Waals surface area contributed by atoms with Crippen LogP contribution < -0.4 is 10.1 Å². The summed E-state index contributed by atoms with van der Waals surface area (Å²) in [6.07, 6.45) is 1.65. The fourth-order valence-corrected chi connectivity index (χ4v) is 2.63. The number of carbonyl (C=O) groups excluding carboxylic acids is 1. The molecule has 3 rings (SSSR count). The number of hydrogen-bond donors (Lipinski definition) is 1. The van der Waals surface area contributed by atoms with Gasteiger partial charge in [-0.3, -0.25) is 4.79 Å². The number of aromatic nitrogens is 2. The zero-order valence-corrected chi connectivity index (χ0v) is 13.5. The van der Waals surface area contributed by atoms with Crippen molar-refractivity contribution >= 4 is 11.9 Å². The molecule has 1 aromatic carbocycles. The van der Waals surface area contributed by atoms with Gasteiger partial charge in [-0.1, -0.05) is 24.3 Å². The third-order valence-corrected chi connectivity index (χ3v) is 3.66. The molecule has 1 unspecified atom stereocenters. The highest BCUT2D eigenvalue weighted by atomic mass is 16.5. The highest BCUT2D eigenvalue weighted by Gasteiger charge is 2.31. The molecule has 6 heteroatoms. The molecule has 1 aliphatic heterocycles. The van der Waals surface area contributed by atoms with E-state index in [0.717, 1.165) is 11.1 Å². The minimum absolute atomic E-state index is 0.00230. The van der Waals surface area contributed by atoms with Gasteiger partial charge in [0.2, 0.25) is 17.7 Å². The van der Waals surface area contributed by atoms with Gasteiger partial charge in [0.25, 0.3) is 0 Å². The first-order chi connectivity index (χ1) is 11.0. The summed E-state index contributed by atoms with van der Waals surface area (Å²) in [5.74, 6) is 0.872. The molecule has 2 aromatic rings. The van der Waals surface area contributed by atoms with Gasteiger partial charge in [0, 0.05) is 25.9 Å². The minimum Gasteiger partial charge on any atom is -0.475 e. The molecule has 0 radical (unpaired) electrons. The van der Waals surface area contributed by atoms with E-state index in [9.17, 15) is 4.79 Å². The Morgan fingerprint density at radius 1 is 1.30 bits per heavy atom. The molecule has 1 N–H and O–H groups in total. The van der Waals surface area contributed by atoms with Gasteiger partial charge in [-0.2, -0.15) is 4.98 Å². The second-order valence-electron chi connectivity index (χ2n) is 5.86. The Hall–Kier alpha value is -2.63. The van der Waals surface area contributed by atoms with Gasteiger partial charge < -0.3 is 15.0 Å². The molecule has 23 heavy (non-hydrogen) atoms. The lowest BCUT2D eigenvalue weighted by atomic mass is 9.95. The van der Waals surface area contributed by atoms with Crippen molar-refractivity contribution in [1.29, 1.82) is 0 Å². The molecule has 0 aliphatic carbocycles. The zero-order valence-electron chi connectivity index (χ0n) is 13.5. The zero-order chi connectivity index (χ0) is 16.4. The standard InChI is InChI=1S/C17H20N4O2/c1-11(2)23-14-8-9-18-17(19-14)20-15-13-7-5-4-6-12(13)10-21(3)16(15)22/h4-9,11,15H,10H2,1-3H3,(H,18,19,20). The smallest absolute Gasteiger partial charge is 0.249 e. The van der Waals surface area contributed by atoms with Crippen LogP contribution in [0.15, 0.2) is 36.5 Å². The Morgan fingerprint density at radius 2 is 2.09 bits per heavy atom. The van der Waals surface area contributed by atoms with E-state index < -0.39 is 6.04 Å². The van der Waals surface area contributed by atoms with Gasteiger partial charge in [0.15, 0.2) is 0 Å². The number of ether oxygens (including phenoxy) is 1. The van der Waals surface area contributed by atoms with Crippen LogP contribution in [0.5, 0.6) is 5.88 Å². The third kappa shape index (κ3) is 3.26. The van der Waals surface area contributed by atoms with Crippen LogP contribution in [0, 0.1) is 0 Å². The van der Waals surface area contributed by atoms with Crippen molar-refractivity contribution in [3.8, 4) is 5.88 Å². The van der Waals surface area contributed by atoms with E-state index in [0.29, 0.717) is 18.4 Å². The Bertz CT molecular complexity index is 717. The average Bonchev–Trinajstić information content (AvgIpc) is 2.51. The number of nitrogens with zero attached hydrogens (tertiary/aromatic N) is 3. The Kier molecular flexibility index (Phi) is 4.14. The minimum atomic E-state index is -0.487. The summed E-state index contributed by atoms with van der Waals surface area (Å²) in [4.78, 5) is 22.8. The van der Waals surface area contributed by atoms with Crippen molar-refractivity contribution in [3.63, 3.8) is 0 Å². The third-order valence-electron chi connectivity index (χ3n) is 3.66. The molecule has 2 heterocycles. The molecular weight excluding hydrogens is 292 g/mol. The van der Waals surface area contributed by atoms with E-state index in [4.69, 9.17) is 4.74 Å². The largest absolute Gasteiger partial charge is 0.475 e. The maximum Gasteiger partial charge on any atom is 0.249 e. The molecule has 0 bridgehead atoms. The van der Waals surface area contributed by atoms with Gasteiger partial charge in [-0.05, 0) is 25.0 Å². The predicted molar refractivity (Wildman–Crippen MR) is 87.1 cm³/mol. The summed E-state index contributed by atoms with van der Waals surface area (Å²) >= 11 is 0. The van der Waals surface area contributed by atoms with Crippen LogP contribution in [0.1, 0.15) is 31.0 Å². The first-order valence-electron chi connectivity index (χ1n) is 7.63. The van der Waals surface area contributed by atoms with Gasteiger partial charge in [0.1, 0.15) is 6.04 Å². The van der Waals surface area contributed by atoms with Gasteiger partial charge in [-0.15, -0.1) is 0 Å². The van der Waals surface area contributed by atoms with Crippen molar-refractivity contribution in [1.82, 2.24) is 14.9 Å². The monoisotopic (exact) mass is 312 g/mol. The predicted octanol–water partition coefficient (Wildman–Crippen LogP) is 2.39. The molecule has 1 atom stereocenters. The fraction of sp³-hybridized carbons (Fsp3) is 0.353. The summed E-state index contributed by atoms with van der Waals surface area (Å²) in [7, 11) is 1.80. The van der Waals surface area contributed by atoms with E-state index in [1.165, 1.54) is 0 Å². The van der Waals surface area contributed by atoms with Crippen LogP contribution in [-0.4, -0.2) is 33.9 Å². The first-order valence-corrected chi connectivity index (χ1v) is 7.63. The molecule has 0 saturated heterocycles. The van der Waals surface area contributed by atoms with Crippen molar-refractivity contribution in [2.24, 2.45) is 0 Å². The number of benzene rings is 1. The second kappa shape index (κ2) is 6.24. The van der Waals surface area contributed by atoms with E-state index in [1.54, 1.807) is 24.2 Å². The normalized spacial score (nSPS) is 17.1. The van der Waals surface area contributed by atoms with Gasteiger partial charge >= 0.3 is 0 Å². The summed E-state index contributed by atoms with van der Waals surface area (Å²) in [5, 5.41) is 3.14. The number of nitrogens with one attached hydrogen (secondary N) is 1. The summed E-state index contributed by atoms with van der Waals surface area (Å²) in [6.45, 7) is 4.49. The quantitative estimate of drug-likeness (QED) is 0.939. The van der Waals surface area contributed by atoms with Crippen molar-refractivity contribution < 1.29 is 9.53 Å². The van der Waals surface area contributed by atoms with Crippen LogP contribution in [-0.2, 0) is 11.3 Å². The molecular formula is C17H20N4O2. The average molecular weight is 312 g/mol. The maximum absolute atomic E-state index is 12.5. The van der Waals surface area contributed by atoms with Crippen molar-refractivity contribution in [2.75, 3.05) is 12.4 Å². The molecule has 1 amide bonds. The van der Waals surface area contributed by atoms with Crippen molar-refractivity contribution in [3.05, 3.63) is 47.7 Å². The maximum atomic E-state index is 12.5. The Balaban J connectivity index is 1.88. The molecule has 1 aromatic heterocycles. The van der Waals surface area contributed by atoms with E-state index in [1.807, 2.05) is 38.1 Å². The topological polar surface area (TPSA) is 67.3 Å². The molecule has 0 saturated carbocycles. The van der Waals surface area contributed by atoms with Crippen LogP contribution in [0.3, 0.4) is 0 Å². The number of carbonyl (C=O) groups is 1. The number of amides is 1. The molecule has 1 aliphatic rings. The van der Waals surface area contributed by atoms with Crippen molar-refractivity contribution in [2.45, 2.75) is 32.5 Å². The second-order valence-corrected chi connectivity index (χ2v) is 5.86. The Morgan fingerprint density at radius 3 is 2.87 bits per heavy atom. The van der Waals surface area contributed by atoms with E-state index in [-0.39, 0.29) is 12.0 Å². The lowest BCUT2D eigenvalue weighted by molar-refractivity contribution is -0.132. The molecule has 0 fully saturated rings. The van der Waals surface area contributed by atoms with Crippen LogP contribution >= 0.6 is 0 Å². The summed E-state index contributed by atoms with van der Waals surface area (Å²) in [6, 6.07) is 9.13. The number of rotatable bonds is 4. The lowest BCUT2D eigenvalue weighted by Gasteiger charge is -2.32. The number of anilines is 1.